The summed E-state index contributed by atoms with van der Waals surface area (Å²) in [5.74, 6) is 1.39. The highest BCUT2D eigenvalue weighted by Gasteiger charge is 2.33. The number of rotatable bonds is 4. The number of hydrazone groups is 1. The van der Waals surface area contributed by atoms with E-state index in [-0.39, 0.29) is 17.7 Å². The standard InChI is InChI=1S/C19H20N2O4/c1-12(22)21-18(16-9-8-15(24-2)10-19(16)25-3)11-17(20-21)13-4-6-14(23)7-5-13/h4-10,18,23H,11H2,1-3H3. The molecule has 25 heavy (non-hydrogen) atoms. The minimum Gasteiger partial charge on any atom is -0.508 e. The van der Waals surface area contributed by atoms with E-state index in [9.17, 15) is 9.90 Å². The Morgan fingerprint density at radius 1 is 1.16 bits per heavy atom. The molecule has 0 bridgehead atoms. The van der Waals surface area contributed by atoms with Crippen LogP contribution in [-0.2, 0) is 4.79 Å². The average Bonchev–Trinajstić information content (AvgIpc) is 3.07. The predicted molar refractivity (Wildman–Crippen MR) is 94.1 cm³/mol. The molecule has 1 heterocycles. The van der Waals surface area contributed by atoms with Gasteiger partial charge in [-0.25, -0.2) is 5.01 Å². The second kappa shape index (κ2) is 6.84. The third-order valence-electron chi connectivity index (χ3n) is 4.23. The molecule has 6 heteroatoms. The molecule has 1 amide bonds. The van der Waals surface area contributed by atoms with E-state index >= 15 is 0 Å². The molecule has 0 saturated carbocycles. The number of phenolic OH excluding ortho intramolecular Hbond substituents is 1. The van der Waals surface area contributed by atoms with Crippen LogP contribution in [0.2, 0.25) is 0 Å². The number of ether oxygens (including phenoxy) is 2. The number of hydrogen-bond donors (Lipinski definition) is 1. The highest BCUT2D eigenvalue weighted by atomic mass is 16.5. The number of methoxy groups -OCH3 is 2. The fourth-order valence-electron chi connectivity index (χ4n) is 2.96. The van der Waals surface area contributed by atoms with E-state index in [1.54, 1.807) is 44.6 Å². The summed E-state index contributed by atoms with van der Waals surface area (Å²) in [6, 6.07) is 12.1. The lowest BCUT2D eigenvalue weighted by Gasteiger charge is -2.22. The topological polar surface area (TPSA) is 71.4 Å². The molecule has 6 nitrogen and oxygen atoms in total. The molecule has 1 aliphatic heterocycles. The van der Waals surface area contributed by atoms with Gasteiger partial charge in [0.1, 0.15) is 17.2 Å². The van der Waals surface area contributed by atoms with Crippen LogP contribution in [0.25, 0.3) is 0 Å². The molecule has 0 spiro atoms. The lowest BCUT2D eigenvalue weighted by molar-refractivity contribution is -0.130. The maximum atomic E-state index is 12.1. The molecule has 2 aromatic rings. The van der Waals surface area contributed by atoms with Gasteiger partial charge in [0.2, 0.25) is 5.91 Å². The summed E-state index contributed by atoms with van der Waals surface area (Å²) in [6.07, 6.45) is 0.563. The Morgan fingerprint density at radius 2 is 1.88 bits per heavy atom. The van der Waals surface area contributed by atoms with Crippen molar-refractivity contribution in [2.24, 2.45) is 5.10 Å². The highest BCUT2D eigenvalue weighted by Crippen LogP contribution is 2.39. The van der Waals surface area contributed by atoms with Crippen molar-refractivity contribution in [3.05, 3.63) is 53.6 Å². The van der Waals surface area contributed by atoms with Crippen LogP contribution >= 0.6 is 0 Å². The highest BCUT2D eigenvalue weighted by molar-refractivity contribution is 6.03. The van der Waals surface area contributed by atoms with Crippen LogP contribution in [0.15, 0.2) is 47.6 Å². The third kappa shape index (κ3) is 3.28. The number of carbonyl (C=O) groups is 1. The number of nitrogens with zero attached hydrogens (tertiary/aromatic N) is 2. The van der Waals surface area contributed by atoms with Crippen LogP contribution in [-0.4, -0.2) is 36.0 Å². The molecule has 0 saturated heterocycles. The molecule has 3 rings (SSSR count). The minimum atomic E-state index is -0.248. The number of benzene rings is 2. The Labute approximate surface area is 146 Å². The zero-order valence-electron chi connectivity index (χ0n) is 14.4. The summed E-state index contributed by atoms with van der Waals surface area (Å²) in [6.45, 7) is 1.49. The van der Waals surface area contributed by atoms with E-state index in [4.69, 9.17) is 9.47 Å². The van der Waals surface area contributed by atoms with Crippen LogP contribution in [0.1, 0.15) is 30.5 Å². The number of aromatic hydroxyl groups is 1. The van der Waals surface area contributed by atoms with Crippen LogP contribution in [0.5, 0.6) is 17.2 Å². The van der Waals surface area contributed by atoms with E-state index in [1.165, 1.54) is 11.9 Å². The fourth-order valence-corrected chi connectivity index (χ4v) is 2.96. The summed E-state index contributed by atoms with van der Waals surface area (Å²) >= 11 is 0. The predicted octanol–water partition coefficient (Wildman–Crippen LogP) is 3.11. The molecule has 1 aliphatic rings. The number of carbonyl (C=O) groups excluding carboxylic acids is 1. The van der Waals surface area contributed by atoms with Gasteiger partial charge in [0.15, 0.2) is 0 Å². The Hall–Kier alpha value is -3.02. The Kier molecular flexibility index (Phi) is 4.61. The van der Waals surface area contributed by atoms with Crippen LogP contribution in [0, 0.1) is 0 Å². The monoisotopic (exact) mass is 340 g/mol. The summed E-state index contributed by atoms with van der Waals surface area (Å²) < 4.78 is 10.7. The number of hydrogen-bond acceptors (Lipinski definition) is 5. The van der Waals surface area contributed by atoms with Gasteiger partial charge in [-0.3, -0.25) is 4.79 Å². The van der Waals surface area contributed by atoms with Gasteiger partial charge in [-0.05, 0) is 42.0 Å². The molecule has 0 radical (unpaired) electrons. The van der Waals surface area contributed by atoms with Crippen LogP contribution in [0.4, 0.5) is 0 Å². The fraction of sp³-hybridized carbons (Fsp3) is 0.263. The van der Waals surface area contributed by atoms with E-state index in [2.05, 4.69) is 5.10 Å². The summed E-state index contributed by atoms with van der Waals surface area (Å²) in [5, 5.41) is 15.4. The first kappa shape index (κ1) is 16.8. The molecular weight excluding hydrogens is 320 g/mol. The largest absolute Gasteiger partial charge is 0.508 e. The normalized spacial score (nSPS) is 16.5. The van der Waals surface area contributed by atoms with Gasteiger partial charge in [-0.15, -0.1) is 0 Å². The van der Waals surface area contributed by atoms with E-state index in [1.807, 2.05) is 12.1 Å². The molecule has 2 aromatic carbocycles. The molecule has 1 atom stereocenters. The Morgan fingerprint density at radius 3 is 2.48 bits per heavy atom. The van der Waals surface area contributed by atoms with Gasteiger partial charge >= 0.3 is 0 Å². The molecule has 0 aromatic heterocycles. The Bertz CT molecular complexity index is 815. The van der Waals surface area contributed by atoms with Gasteiger partial charge in [0.25, 0.3) is 0 Å². The van der Waals surface area contributed by atoms with Gasteiger partial charge < -0.3 is 14.6 Å². The van der Waals surface area contributed by atoms with Crippen LogP contribution in [0.3, 0.4) is 0 Å². The molecule has 0 fully saturated rings. The summed E-state index contributed by atoms with van der Waals surface area (Å²) in [7, 11) is 3.19. The van der Waals surface area contributed by atoms with Gasteiger partial charge in [-0.1, -0.05) is 0 Å². The molecule has 1 N–H and O–H groups in total. The second-order valence-electron chi connectivity index (χ2n) is 5.78. The van der Waals surface area contributed by atoms with E-state index in [0.717, 1.165) is 16.8 Å². The first-order valence-corrected chi connectivity index (χ1v) is 7.92. The van der Waals surface area contributed by atoms with Crippen molar-refractivity contribution >= 4 is 11.6 Å². The average molecular weight is 340 g/mol. The zero-order chi connectivity index (χ0) is 18.0. The molecule has 0 aliphatic carbocycles. The SMILES string of the molecule is COc1ccc(C2CC(c3ccc(O)cc3)=NN2C(C)=O)c(OC)c1. The van der Waals surface area contributed by atoms with Gasteiger partial charge in [-0.2, -0.15) is 5.10 Å². The first-order valence-electron chi connectivity index (χ1n) is 7.92. The van der Waals surface area contributed by atoms with Gasteiger partial charge in [0, 0.05) is 25.0 Å². The third-order valence-corrected chi connectivity index (χ3v) is 4.23. The summed E-state index contributed by atoms with van der Waals surface area (Å²) in [5.41, 5.74) is 2.54. The maximum absolute atomic E-state index is 12.1. The van der Waals surface area contributed by atoms with Crippen LogP contribution < -0.4 is 9.47 Å². The van der Waals surface area contributed by atoms with Crippen molar-refractivity contribution in [1.29, 1.82) is 0 Å². The van der Waals surface area contributed by atoms with Crippen molar-refractivity contribution in [2.75, 3.05) is 14.2 Å². The summed E-state index contributed by atoms with van der Waals surface area (Å²) in [4.78, 5) is 12.1. The van der Waals surface area contributed by atoms with Gasteiger partial charge in [0.05, 0.1) is 26.0 Å². The number of phenols is 1. The molecule has 1 unspecified atom stereocenters. The van der Waals surface area contributed by atoms with E-state index in [0.29, 0.717) is 17.9 Å². The lowest BCUT2D eigenvalue weighted by Crippen LogP contribution is -2.24. The Balaban J connectivity index is 1.97. The quantitative estimate of drug-likeness (QED) is 0.928. The zero-order valence-corrected chi connectivity index (χ0v) is 14.4. The lowest BCUT2D eigenvalue weighted by atomic mass is 9.97. The van der Waals surface area contributed by atoms with Crippen molar-refractivity contribution in [3.8, 4) is 17.2 Å². The van der Waals surface area contributed by atoms with Crippen molar-refractivity contribution in [3.63, 3.8) is 0 Å². The minimum absolute atomic E-state index is 0.142. The van der Waals surface area contributed by atoms with Crippen molar-refractivity contribution in [2.45, 2.75) is 19.4 Å². The van der Waals surface area contributed by atoms with Crippen molar-refractivity contribution < 1.29 is 19.4 Å². The first-order chi connectivity index (χ1) is 12.0. The maximum Gasteiger partial charge on any atom is 0.240 e. The smallest absolute Gasteiger partial charge is 0.240 e. The second-order valence-corrected chi connectivity index (χ2v) is 5.78. The molecule has 130 valence electrons. The molecular formula is C19H20N2O4. The van der Waals surface area contributed by atoms with E-state index < -0.39 is 0 Å². The number of amides is 1. The van der Waals surface area contributed by atoms with Crippen molar-refractivity contribution in [1.82, 2.24) is 5.01 Å².